The van der Waals surface area contributed by atoms with Gasteiger partial charge in [-0.2, -0.15) is 0 Å². The van der Waals surface area contributed by atoms with Crippen LogP contribution in [0.4, 0.5) is 10.3 Å². The number of rotatable bonds is 4. The molecular weight excluding hydrogens is 331 g/mol. The maximum atomic E-state index is 13.7. The third-order valence-electron chi connectivity index (χ3n) is 2.58. The van der Waals surface area contributed by atoms with Gasteiger partial charge < -0.3 is 5.73 Å². The van der Waals surface area contributed by atoms with Crippen molar-refractivity contribution < 1.29 is 4.39 Å². The third kappa shape index (κ3) is 3.27. The quantitative estimate of drug-likeness (QED) is 0.860. The molecule has 0 saturated heterocycles. The predicted octanol–water partition coefficient (Wildman–Crippen LogP) is 3.64. The molecule has 0 saturated carbocycles. The Hall–Kier alpha value is -1.08. The van der Waals surface area contributed by atoms with E-state index < -0.39 is 0 Å². The molecule has 2 aromatic rings. The molecule has 0 unspecified atom stereocenters. The standard InChI is InChI=1S/C12H14BrFN4S/c1-7(2)18-11(15)16-17-12(18)19-6-8-3-4-9(13)5-10(8)14/h3-5,7H,6H2,1-2H3,(H2,15,16). The molecule has 1 aromatic carbocycles. The van der Waals surface area contributed by atoms with Crippen LogP contribution in [0.5, 0.6) is 0 Å². The summed E-state index contributed by atoms with van der Waals surface area (Å²) in [5, 5.41) is 8.58. The van der Waals surface area contributed by atoms with Gasteiger partial charge in [-0.15, -0.1) is 10.2 Å². The molecule has 2 rings (SSSR count). The van der Waals surface area contributed by atoms with Gasteiger partial charge in [0.25, 0.3) is 0 Å². The highest BCUT2D eigenvalue weighted by molar-refractivity contribution is 9.10. The predicted molar refractivity (Wildman–Crippen MR) is 78.5 cm³/mol. The van der Waals surface area contributed by atoms with E-state index in [0.717, 1.165) is 4.47 Å². The number of nitrogens with zero attached hydrogens (tertiary/aromatic N) is 3. The average Bonchev–Trinajstić information content (AvgIpc) is 2.69. The van der Waals surface area contributed by atoms with Crippen LogP contribution in [0.3, 0.4) is 0 Å². The highest BCUT2D eigenvalue weighted by atomic mass is 79.9. The summed E-state index contributed by atoms with van der Waals surface area (Å²) in [5.74, 6) is 0.642. The lowest BCUT2D eigenvalue weighted by Crippen LogP contribution is -2.07. The number of nitrogen functional groups attached to an aromatic ring is 1. The monoisotopic (exact) mass is 344 g/mol. The summed E-state index contributed by atoms with van der Waals surface area (Å²) >= 11 is 4.66. The van der Waals surface area contributed by atoms with Gasteiger partial charge in [0.05, 0.1) is 0 Å². The third-order valence-corrected chi connectivity index (χ3v) is 4.06. The van der Waals surface area contributed by atoms with Crippen molar-refractivity contribution in [1.82, 2.24) is 14.8 Å². The van der Waals surface area contributed by atoms with E-state index in [0.29, 0.717) is 22.4 Å². The molecule has 7 heteroatoms. The summed E-state index contributed by atoms with van der Waals surface area (Å²) in [6, 6.07) is 5.20. The summed E-state index contributed by atoms with van der Waals surface area (Å²) in [6.07, 6.45) is 0. The highest BCUT2D eigenvalue weighted by Crippen LogP contribution is 2.27. The number of halogens is 2. The van der Waals surface area contributed by atoms with Crippen molar-refractivity contribution in [3.05, 3.63) is 34.1 Å². The Bertz CT molecular complexity index is 585. The molecule has 0 atom stereocenters. The van der Waals surface area contributed by atoms with E-state index in [4.69, 9.17) is 5.73 Å². The van der Waals surface area contributed by atoms with Gasteiger partial charge in [0, 0.05) is 16.3 Å². The second-order valence-corrected chi connectivity index (χ2v) is 6.19. The highest BCUT2D eigenvalue weighted by Gasteiger charge is 2.13. The van der Waals surface area contributed by atoms with Crippen LogP contribution in [0.25, 0.3) is 0 Å². The van der Waals surface area contributed by atoms with E-state index in [1.54, 1.807) is 6.07 Å². The number of hydrogen-bond acceptors (Lipinski definition) is 4. The van der Waals surface area contributed by atoms with Crippen molar-refractivity contribution in [2.24, 2.45) is 0 Å². The number of aromatic nitrogens is 3. The van der Waals surface area contributed by atoms with Gasteiger partial charge in [-0.25, -0.2) is 4.39 Å². The molecule has 0 fully saturated rings. The first-order valence-electron chi connectivity index (χ1n) is 5.76. The summed E-state index contributed by atoms with van der Waals surface area (Å²) < 4.78 is 16.3. The number of benzene rings is 1. The summed E-state index contributed by atoms with van der Waals surface area (Å²) in [6.45, 7) is 4.01. The molecule has 2 N–H and O–H groups in total. The van der Waals surface area contributed by atoms with Gasteiger partial charge in [-0.1, -0.05) is 33.8 Å². The molecule has 102 valence electrons. The van der Waals surface area contributed by atoms with Crippen LogP contribution < -0.4 is 5.73 Å². The van der Waals surface area contributed by atoms with Crippen molar-refractivity contribution in [3.63, 3.8) is 0 Å². The van der Waals surface area contributed by atoms with E-state index in [1.165, 1.54) is 17.8 Å². The van der Waals surface area contributed by atoms with E-state index in [2.05, 4.69) is 26.1 Å². The molecule has 0 amide bonds. The minimum Gasteiger partial charge on any atom is -0.368 e. The van der Waals surface area contributed by atoms with Crippen LogP contribution in [-0.4, -0.2) is 14.8 Å². The van der Waals surface area contributed by atoms with Crippen molar-refractivity contribution in [1.29, 1.82) is 0 Å². The Morgan fingerprint density at radius 2 is 2.16 bits per heavy atom. The molecule has 1 heterocycles. The lowest BCUT2D eigenvalue weighted by molar-refractivity contribution is 0.557. The largest absolute Gasteiger partial charge is 0.368 e. The van der Waals surface area contributed by atoms with Crippen molar-refractivity contribution in [3.8, 4) is 0 Å². The maximum Gasteiger partial charge on any atom is 0.222 e. The van der Waals surface area contributed by atoms with Crippen LogP contribution in [0.15, 0.2) is 27.8 Å². The first-order chi connectivity index (χ1) is 8.99. The normalized spacial score (nSPS) is 11.2. The van der Waals surface area contributed by atoms with E-state index >= 15 is 0 Å². The van der Waals surface area contributed by atoms with Gasteiger partial charge in [-0.05, 0) is 31.5 Å². The van der Waals surface area contributed by atoms with Crippen LogP contribution in [0.1, 0.15) is 25.5 Å². The Morgan fingerprint density at radius 1 is 1.42 bits per heavy atom. The van der Waals surface area contributed by atoms with Crippen LogP contribution in [-0.2, 0) is 5.75 Å². The number of thioether (sulfide) groups is 1. The minimum absolute atomic E-state index is 0.173. The molecule has 0 spiro atoms. The Kier molecular flexibility index (Phi) is 4.46. The topological polar surface area (TPSA) is 56.7 Å². The van der Waals surface area contributed by atoms with E-state index in [-0.39, 0.29) is 11.9 Å². The zero-order valence-electron chi connectivity index (χ0n) is 10.6. The maximum absolute atomic E-state index is 13.7. The lowest BCUT2D eigenvalue weighted by Gasteiger charge is -2.11. The fraction of sp³-hybridized carbons (Fsp3) is 0.333. The minimum atomic E-state index is -0.231. The smallest absolute Gasteiger partial charge is 0.222 e. The molecule has 0 aliphatic carbocycles. The first-order valence-corrected chi connectivity index (χ1v) is 7.54. The molecule has 0 aliphatic rings. The van der Waals surface area contributed by atoms with Crippen molar-refractivity contribution in [2.75, 3.05) is 5.73 Å². The van der Waals surface area contributed by atoms with Crippen LogP contribution in [0.2, 0.25) is 0 Å². The zero-order chi connectivity index (χ0) is 14.0. The van der Waals surface area contributed by atoms with Gasteiger partial charge in [-0.3, -0.25) is 4.57 Å². The molecule has 0 radical (unpaired) electrons. The van der Waals surface area contributed by atoms with Crippen LogP contribution >= 0.6 is 27.7 Å². The fourth-order valence-corrected chi connectivity index (χ4v) is 3.05. The second kappa shape index (κ2) is 5.92. The van der Waals surface area contributed by atoms with E-state index in [9.17, 15) is 4.39 Å². The first kappa shape index (κ1) is 14.3. The Morgan fingerprint density at radius 3 is 2.79 bits per heavy atom. The van der Waals surface area contributed by atoms with Gasteiger partial charge in [0.1, 0.15) is 5.82 Å². The molecule has 19 heavy (non-hydrogen) atoms. The summed E-state index contributed by atoms with van der Waals surface area (Å²) in [7, 11) is 0. The van der Waals surface area contributed by atoms with Gasteiger partial charge in [0.15, 0.2) is 5.16 Å². The van der Waals surface area contributed by atoms with Gasteiger partial charge in [0.2, 0.25) is 5.95 Å². The van der Waals surface area contributed by atoms with Crippen LogP contribution in [0, 0.1) is 5.82 Å². The Balaban J connectivity index is 2.15. The number of hydrogen-bond donors (Lipinski definition) is 1. The van der Waals surface area contributed by atoms with Crippen molar-refractivity contribution >= 4 is 33.6 Å². The molecule has 1 aromatic heterocycles. The molecular formula is C12H14BrFN4S. The average molecular weight is 345 g/mol. The summed E-state index contributed by atoms with van der Waals surface area (Å²) in [5.41, 5.74) is 6.39. The number of anilines is 1. The second-order valence-electron chi connectivity index (χ2n) is 4.33. The summed E-state index contributed by atoms with van der Waals surface area (Å²) in [4.78, 5) is 0. The Labute approximate surface area is 123 Å². The molecule has 0 aliphatic heterocycles. The van der Waals surface area contributed by atoms with Crippen molar-refractivity contribution in [2.45, 2.75) is 30.8 Å². The molecule has 4 nitrogen and oxygen atoms in total. The molecule has 0 bridgehead atoms. The van der Waals surface area contributed by atoms with Gasteiger partial charge >= 0.3 is 0 Å². The number of nitrogens with two attached hydrogens (primary N) is 1. The fourth-order valence-electron chi connectivity index (χ4n) is 1.65. The zero-order valence-corrected chi connectivity index (χ0v) is 13.0. The van der Waals surface area contributed by atoms with E-state index in [1.807, 2.05) is 24.5 Å². The lowest BCUT2D eigenvalue weighted by atomic mass is 10.2. The SMILES string of the molecule is CC(C)n1c(N)nnc1SCc1ccc(Br)cc1F.